The fraction of sp³-hybridized carbons (Fsp3) is 0.259. The first-order chi connectivity index (χ1) is 17.6. The second-order valence-electron chi connectivity index (χ2n) is 8.82. The summed E-state index contributed by atoms with van der Waals surface area (Å²) in [4.78, 5) is 27.9. The summed E-state index contributed by atoms with van der Waals surface area (Å²) in [6.07, 6.45) is 11.1. The van der Waals surface area contributed by atoms with Crippen LogP contribution >= 0.6 is 23.2 Å². The van der Waals surface area contributed by atoms with Crippen LogP contribution in [0.2, 0.25) is 10.0 Å². The number of rotatable bonds is 8. The van der Waals surface area contributed by atoms with Gasteiger partial charge >= 0.3 is 0 Å². The average molecular weight is 522 g/mol. The number of carbonyl (C=O) groups excluding carboxylic acids is 1. The molecule has 1 aromatic carbocycles. The summed E-state index contributed by atoms with van der Waals surface area (Å²) in [5, 5.41) is 3.32. The Hall–Kier alpha value is -3.26. The minimum Gasteiger partial charge on any atom is -0.451 e. The first-order valence-electron chi connectivity index (χ1n) is 11.8. The van der Waals surface area contributed by atoms with Gasteiger partial charge < -0.3 is 9.73 Å². The minimum absolute atomic E-state index is 0.209. The van der Waals surface area contributed by atoms with Crippen LogP contribution < -0.4 is 5.32 Å². The number of nitrogens with one attached hydrogen (secondary N) is 1. The van der Waals surface area contributed by atoms with Crippen molar-refractivity contribution in [1.29, 1.82) is 0 Å². The number of hydrogen-bond donors (Lipinski definition) is 1. The van der Waals surface area contributed by atoms with Crippen LogP contribution in [0.3, 0.4) is 0 Å². The van der Waals surface area contributed by atoms with E-state index < -0.39 is 0 Å². The van der Waals surface area contributed by atoms with Crippen LogP contribution in [0.15, 0.2) is 72.1 Å². The number of halogens is 2. The third kappa shape index (κ3) is 5.59. The summed E-state index contributed by atoms with van der Waals surface area (Å²) in [5.74, 6) is -0.335. The van der Waals surface area contributed by atoms with Crippen LogP contribution in [0, 0.1) is 0 Å². The molecule has 0 fully saturated rings. The molecule has 4 aromatic rings. The zero-order chi connectivity index (χ0) is 24.9. The summed E-state index contributed by atoms with van der Waals surface area (Å²) >= 11 is 12.2. The van der Waals surface area contributed by atoms with E-state index in [1.807, 2.05) is 24.4 Å². The molecule has 0 saturated carbocycles. The van der Waals surface area contributed by atoms with Gasteiger partial charge in [0, 0.05) is 38.2 Å². The molecular weight excluding hydrogens is 497 g/mol. The van der Waals surface area contributed by atoms with Gasteiger partial charge in [0.25, 0.3) is 5.91 Å². The number of benzene rings is 1. The van der Waals surface area contributed by atoms with Gasteiger partial charge in [-0.05, 0) is 42.0 Å². The molecular formula is C27H25Cl2N5O2. The molecule has 3 aromatic heterocycles. The van der Waals surface area contributed by atoms with Crippen molar-refractivity contribution in [2.75, 3.05) is 0 Å². The van der Waals surface area contributed by atoms with E-state index in [9.17, 15) is 4.79 Å². The molecule has 5 rings (SSSR count). The smallest absolute Gasteiger partial charge is 0.254 e. The zero-order valence-electron chi connectivity index (χ0n) is 19.5. The monoisotopic (exact) mass is 521 g/mol. The lowest BCUT2D eigenvalue weighted by Gasteiger charge is -2.34. The number of carbonyl (C=O) groups is 1. The number of aromatic nitrogens is 3. The van der Waals surface area contributed by atoms with Gasteiger partial charge in [0.05, 0.1) is 33.0 Å². The molecule has 1 aliphatic carbocycles. The lowest BCUT2D eigenvalue weighted by Crippen LogP contribution is -2.31. The Labute approximate surface area is 219 Å². The van der Waals surface area contributed by atoms with Crippen molar-refractivity contribution in [3.63, 3.8) is 0 Å². The first-order valence-corrected chi connectivity index (χ1v) is 12.5. The van der Waals surface area contributed by atoms with Gasteiger partial charge in [0.15, 0.2) is 6.39 Å². The molecule has 36 heavy (non-hydrogen) atoms. The Bertz CT molecular complexity index is 1310. The van der Waals surface area contributed by atoms with Crippen LogP contribution in [0.5, 0.6) is 0 Å². The van der Waals surface area contributed by atoms with Gasteiger partial charge in [-0.2, -0.15) is 0 Å². The quantitative estimate of drug-likeness (QED) is 0.316. The van der Waals surface area contributed by atoms with Gasteiger partial charge in [0.1, 0.15) is 6.26 Å². The molecule has 0 bridgehead atoms. The van der Waals surface area contributed by atoms with Crippen molar-refractivity contribution in [3.05, 3.63) is 111 Å². The molecule has 1 atom stereocenters. The third-order valence-corrected chi connectivity index (χ3v) is 6.97. The Morgan fingerprint density at radius 3 is 2.58 bits per heavy atom. The standard InChI is InChI=1S/C27H25Cl2N5O2/c28-22-12-30-13-23(29)25(22)27(35)32-11-18-6-8-19(9-7-18)14-34(15-21-16-36-17-33-21)24-5-1-3-20-4-2-10-31-26(20)24/h2,4,6-10,12-13,16-17,24H,1,3,5,11,14-15H2,(H,32,35). The van der Waals surface area contributed by atoms with Crippen LogP contribution in [0.1, 0.15) is 57.3 Å². The number of oxazole rings is 1. The van der Waals surface area contributed by atoms with E-state index in [0.29, 0.717) is 13.1 Å². The molecule has 1 amide bonds. The maximum atomic E-state index is 12.6. The molecule has 0 spiro atoms. The van der Waals surface area contributed by atoms with Crippen molar-refractivity contribution in [2.45, 2.75) is 44.9 Å². The van der Waals surface area contributed by atoms with Gasteiger partial charge in [-0.15, -0.1) is 0 Å². The molecule has 9 heteroatoms. The van der Waals surface area contributed by atoms with Gasteiger partial charge in [-0.3, -0.25) is 19.7 Å². The lowest BCUT2D eigenvalue weighted by atomic mass is 9.90. The second-order valence-corrected chi connectivity index (χ2v) is 9.63. The highest BCUT2D eigenvalue weighted by Gasteiger charge is 2.28. The SMILES string of the molecule is O=C(NCc1ccc(CN(Cc2cocn2)C2CCCc3cccnc32)cc1)c1c(Cl)cncc1Cl. The molecule has 184 valence electrons. The van der Waals surface area contributed by atoms with E-state index in [4.69, 9.17) is 32.6 Å². The Kier molecular flexibility index (Phi) is 7.60. The molecule has 1 unspecified atom stereocenters. The van der Waals surface area contributed by atoms with E-state index >= 15 is 0 Å². The Balaban J connectivity index is 1.29. The van der Waals surface area contributed by atoms with E-state index in [1.54, 1.807) is 6.26 Å². The van der Waals surface area contributed by atoms with Gasteiger partial charge in [-0.1, -0.05) is 53.5 Å². The highest BCUT2D eigenvalue weighted by molar-refractivity contribution is 6.39. The third-order valence-electron chi connectivity index (χ3n) is 6.40. The maximum Gasteiger partial charge on any atom is 0.254 e. The zero-order valence-corrected chi connectivity index (χ0v) is 21.0. The molecule has 1 N–H and O–H groups in total. The Morgan fingerprint density at radius 1 is 1.06 bits per heavy atom. The number of amides is 1. The van der Waals surface area contributed by atoms with E-state index in [2.05, 4.69) is 38.4 Å². The number of nitrogens with zero attached hydrogens (tertiary/aromatic N) is 4. The summed E-state index contributed by atoms with van der Waals surface area (Å²) in [6.45, 7) is 1.77. The largest absolute Gasteiger partial charge is 0.451 e. The van der Waals surface area contributed by atoms with Crippen molar-refractivity contribution < 1.29 is 9.21 Å². The van der Waals surface area contributed by atoms with Crippen LogP contribution in [-0.2, 0) is 26.1 Å². The molecule has 3 heterocycles. The topological polar surface area (TPSA) is 84.2 Å². The molecule has 7 nitrogen and oxygen atoms in total. The van der Waals surface area contributed by atoms with E-state index in [-0.39, 0.29) is 27.6 Å². The summed E-state index contributed by atoms with van der Waals surface area (Å²) < 4.78 is 5.22. The predicted octanol–water partition coefficient (Wildman–Crippen LogP) is 5.78. The van der Waals surface area contributed by atoms with Crippen molar-refractivity contribution >= 4 is 29.1 Å². The van der Waals surface area contributed by atoms with Crippen molar-refractivity contribution in [3.8, 4) is 0 Å². The average Bonchev–Trinajstić information content (AvgIpc) is 3.41. The van der Waals surface area contributed by atoms with Gasteiger partial charge in [-0.25, -0.2) is 4.98 Å². The molecule has 0 radical (unpaired) electrons. The fourth-order valence-electron chi connectivity index (χ4n) is 4.64. The van der Waals surface area contributed by atoms with Crippen LogP contribution in [0.25, 0.3) is 0 Å². The number of hydrogen-bond acceptors (Lipinski definition) is 6. The molecule has 1 aliphatic rings. The number of pyridine rings is 2. The van der Waals surface area contributed by atoms with Crippen LogP contribution in [0.4, 0.5) is 0 Å². The highest BCUT2D eigenvalue weighted by atomic mass is 35.5. The lowest BCUT2D eigenvalue weighted by molar-refractivity contribution is 0.0951. The van der Waals surface area contributed by atoms with Gasteiger partial charge in [0.2, 0.25) is 0 Å². The maximum absolute atomic E-state index is 12.6. The molecule has 0 saturated heterocycles. The Morgan fingerprint density at radius 2 is 1.83 bits per heavy atom. The van der Waals surface area contributed by atoms with Crippen LogP contribution in [-0.4, -0.2) is 25.8 Å². The normalized spacial score (nSPS) is 15.0. The number of aryl methyl sites for hydroxylation is 1. The van der Waals surface area contributed by atoms with E-state index in [1.165, 1.54) is 24.4 Å². The second kappa shape index (κ2) is 11.2. The fourth-order valence-corrected chi connectivity index (χ4v) is 5.17. The summed E-state index contributed by atoms with van der Waals surface area (Å²) in [5.41, 5.74) is 5.73. The highest BCUT2D eigenvalue weighted by Crippen LogP contribution is 2.34. The van der Waals surface area contributed by atoms with E-state index in [0.717, 1.165) is 48.3 Å². The van der Waals surface area contributed by atoms with Crippen molar-refractivity contribution in [2.24, 2.45) is 0 Å². The summed E-state index contributed by atoms with van der Waals surface area (Å²) in [6, 6.07) is 12.6. The minimum atomic E-state index is -0.335. The predicted molar refractivity (Wildman–Crippen MR) is 138 cm³/mol. The first kappa shape index (κ1) is 24.4. The molecule has 0 aliphatic heterocycles. The van der Waals surface area contributed by atoms with Crippen molar-refractivity contribution in [1.82, 2.24) is 25.2 Å². The number of fused-ring (bicyclic) bond motifs is 1. The summed E-state index contributed by atoms with van der Waals surface area (Å²) in [7, 11) is 0.